The van der Waals surface area contributed by atoms with Crippen molar-refractivity contribution in [1.82, 2.24) is 9.97 Å². The highest BCUT2D eigenvalue weighted by atomic mass is 16.5. The number of unbranched alkanes of at least 4 members (excludes halogenated alkanes) is 13. The van der Waals surface area contributed by atoms with E-state index in [2.05, 4.69) is 48.1 Å². The van der Waals surface area contributed by atoms with Gasteiger partial charge < -0.3 is 4.74 Å². The summed E-state index contributed by atoms with van der Waals surface area (Å²) in [7, 11) is 0. The topological polar surface area (TPSA) is 52.1 Å². The van der Waals surface area contributed by atoms with Gasteiger partial charge in [-0.3, -0.25) is 4.79 Å². The average Bonchev–Trinajstić information content (AvgIpc) is 2.86. The zero-order valence-electron chi connectivity index (χ0n) is 21.7. The van der Waals surface area contributed by atoms with E-state index in [1.807, 2.05) is 0 Å². The van der Waals surface area contributed by atoms with Gasteiger partial charge in [-0.1, -0.05) is 122 Å². The molecule has 0 unspecified atom stereocenters. The molecule has 0 N–H and O–H groups in total. The molecule has 0 bridgehead atoms. The van der Waals surface area contributed by atoms with Crippen LogP contribution >= 0.6 is 0 Å². The second-order valence-electron chi connectivity index (χ2n) is 9.51. The van der Waals surface area contributed by atoms with E-state index in [-0.39, 0.29) is 5.97 Å². The van der Waals surface area contributed by atoms with Crippen molar-refractivity contribution < 1.29 is 9.53 Å². The molecule has 188 valence electrons. The van der Waals surface area contributed by atoms with Gasteiger partial charge in [0.05, 0.1) is 12.4 Å². The first-order chi connectivity index (χ1) is 16.7. The van der Waals surface area contributed by atoms with Crippen LogP contribution in [-0.4, -0.2) is 15.9 Å². The van der Waals surface area contributed by atoms with Gasteiger partial charge in [-0.05, 0) is 24.8 Å². The summed E-state index contributed by atoms with van der Waals surface area (Å²) in [6, 6.07) is 8.50. The normalized spacial score (nSPS) is 11.0. The highest BCUT2D eigenvalue weighted by Crippen LogP contribution is 2.19. The molecule has 2 rings (SSSR count). The third-order valence-electron chi connectivity index (χ3n) is 6.38. The highest BCUT2D eigenvalue weighted by Gasteiger charge is 2.07. The number of rotatable bonds is 19. The number of aromatic nitrogens is 2. The first-order valence-electron chi connectivity index (χ1n) is 13.8. The van der Waals surface area contributed by atoms with Gasteiger partial charge in [0.15, 0.2) is 11.6 Å². The molecule has 0 amide bonds. The van der Waals surface area contributed by atoms with Crippen molar-refractivity contribution in [3.05, 3.63) is 42.2 Å². The number of aryl methyl sites for hydroxylation is 1. The third-order valence-corrected chi connectivity index (χ3v) is 6.38. The number of benzene rings is 1. The van der Waals surface area contributed by atoms with Crippen LogP contribution in [0.3, 0.4) is 0 Å². The molecule has 4 nitrogen and oxygen atoms in total. The van der Waals surface area contributed by atoms with Crippen LogP contribution in [-0.2, 0) is 11.2 Å². The van der Waals surface area contributed by atoms with Crippen LogP contribution in [0.25, 0.3) is 11.4 Å². The Morgan fingerprint density at radius 2 is 1.18 bits per heavy atom. The molecule has 0 atom stereocenters. The van der Waals surface area contributed by atoms with Crippen LogP contribution < -0.4 is 4.74 Å². The number of carbonyl (C=O) groups is 1. The van der Waals surface area contributed by atoms with Crippen LogP contribution in [0.15, 0.2) is 36.7 Å². The van der Waals surface area contributed by atoms with Crippen molar-refractivity contribution in [1.29, 1.82) is 0 Å². The lowest BCUT2D eigenvalue weighted by molar-refractivity contribution is -0.134. The molecule has 2 aromatic rings. The molecule has 0 aliphatic heterocycles. The van der Waals surface area contributed by atoms with E-state index in [1.165, 1.54) is 89.0 Å². The zero-order valence-corrected chi connectivity index (χ0v) is 21.7. The van der Waals surface area contributed by atoms with Gasteiger partial charge in [0.1, 0.15) is 0 Å². The molecule has 0 saturated carbocycles. The fourth-order valence-electron chi connectivity index (χ4n) is 4.21. The summed E-state index contributed by atoms with van der Waals surface area (Å²) >= 11 is 0. The van der Waals surface area contributed by atoms with Crippen molar-refractivity contribution >= 4 is 5.97 Å². The maximum atomic E-state index is 12.1. The molecule has 1 aromatic heterocycles. The smallest absolute Gasteiger partial charge is 0.311 e. The van der Waals surface area contributed by atoms with Gasteiger partial charge in [-0.2, -0.15) is 0 Å². The van der Waals surface area contributed by atoms with Crippen molar-refractivity contribution in [2.24, 2.45) is 0 Å². The summed E-state index contributed by atoms with van der Waals surface area (Å²) in [5.74, 6) is 0.882. The molecular weight excluding hydrogens is 420 g/mol. The van der Waals surface area contributed by atoms with Crippen LogP contribution in [0.2, 0.25) is 0 Å². The number of hydrogen-bond acceptors (Lipinski definition) is 4. The number of carbonyl (C=O) groups excluding carboxylic acids is 1. The Balaban J connectivity index is 1.63. The fraction of sp³-hybridized carbons (Fsp3) is 0.633. The summed E-state index contributed by atoms with van der Waals surface area (Å²) in [5.41, 5.74) is 2.35. The Morgan fingerprint density at radius 3 is 1.74 bits per heavy atom. The molecule has 4 heteroatoms. The molecule has 0 aliphatic carbocycles. The van der Waals surface area contributed by atoms with Gasteiger partial charge >= 0.3 is 5.97 Å². The van der Waals surface area contributed by atoms with E-state index in [0.29, 0.717) is 18.0 Å². The second kappa shape index (κ2) is 18.1. The monoisotopic (exact) mass is 466 g/mol. The summed E-state index contributed by atoms with van der Waals surface area (Å²) in [6.45, 7) is 4.50. The molecule has 1 heterocycles. The van der Waals surface area contributed by atoms with E-state index in [0.717, 1.165) is 24.8 Å². The Morgan fingerprint density at radius 1 is 0.676 bits per heavy atom. The standard InChI is InChI=1S/C30H46N2O2/c1-3-5-7-9-11-12-13-15-17-19-29(33)34-28-24-31-30(32-25-28)27-22-20-26(21-23-27)18-16-14-10-8-6-4-2/h20-25H,3-19H2,1-2H3. The molecular formula is C30H46N2O2. The van der Waals surface area contributed by atoms with E-state index in [9.17, 15) is 4.79 Å². The lowest BCUT2D eigenvalue weighted by Gasteiger charge is -2.06. The third kappa shape index (κ3) is 12.3. The lowest BCUT2D eigenvalue weighted by atomic mass is 10.0. The van der Waals surface area contributed by atoms with E-state index in [1.54, 1.807) is 12.4 Å². The van der Waals surface area contributed by atoms with Gasteiger partial charge in [0.25, 0.3) is 0 Å². The van der Waals surface area contributed by atoms with Crippen LogP contribution in [0.5, 0.6) is 5.75 Å². The molecule has 0 aliphatic rings. The molecule has 0 spiro atoms. The molecule has 0 radical (unpaired) electrons. The predicted molar refractivity (Wildman–Crippen MR) is 142 cm³/mol. The van der Waals surface area contributed by atoms with Crippen molar-refractivity contribution in [2.75, 3.05) is 0 Å². The number of esters is 1. The molecule has 34 heavy (non-hydrogen) atoms. The fourth-order valence-corrected chi connectivity index (χ4v) is 4.21. The van der Waals surface area contributed by atoms with E-state index in [4.69, 9.17) is 4.74 Å². The maximum absolute atomic E-state index is 12.1. The summed E-state index contributed by atoms with van der Waals surface area (Å²) in [4.78, 5) is 20.9. The average molecular weight is 467 g/mol. The highest BCUT2D eigenvalue weighted by molar-refractivity contribution is 5.72. The second-order valence-corrected chi connectivity index (χ2v) is 9.51. The summed E-state index contributed by atoms with van der Waals surface area (Å²) < 4.78 is 5.41. The van der Waals surface area contributed by atoms with Gasteiger partial charge in [0, 0.05) is 12.0 Å². The zero-order chi connectivity index (χ0) is 24.3. The summed E-state index contributed by atoms with van der Waals surface area (Å²) in [6.07, 6.45) is 23.8. The van der Waals surface area contributed by atoms with Crippen molar-refractivity contribution in [2.45, 2.75) is 123 Å². The van der Waals surface area contributed by atoms with Gasteiger partial charge in [-0.25, -0.2) is 9.97 Å². The molecule has 0 fully saturated rings. The van der Waals surface area contributed by atoms with Gasteiger partial charge in [0.2, 0.25) is 0 Å². The number of ether oxygens (including phenoxy) is 1. The maximum Gasteiger partial charge on any atom is 0.311 e. The largest absolute Gasteiger partial charge is 0.423 e. The first-order valence-corrected chi connectivity index (χ1v) is 13.8. The van der Waals surface area contributed by atoms with Crippen LogP contribution in [0.4, 0.5) is 0 Å². The van der Waals surface area contributed by atoms with Crippen LogP contribution in [0, 0.1) is 0 Å². The van der Waals surface area contributed by atoms with Crippen molar-refractivity contribution in [3.63, 3.8) is 0 Å². The summed E-state index contributed by atoms with van der Waals surface area (Å²) in [5, 5.41) is 0. The minimum Gasteiger partial charge on any atom is -0.423 e. The van der Waals surface area contributed by atoms with E-state index >= 15 is 0 Å². The Kier molecular flexibility index (Phi) is 14.9. The Bertz CT molecular complexity index is 771. The minimum absolute atomic E-state index is 0.196. The quantitative estimate of drug-likeness (QED) is 0.153. The lowest BCUT2D eigenvalue weighted by Crippen LogP contribution is -2.08. The number of hydrogen-bond donors (Lipinski definition) is 0. The predicted octanol–water partition coefficient (Wildman–Crippen LogP) is 8.87. The van der Waals surface area contributed by atoms with Crippen LogP contribution in [0.1, 0.15) is 122 Å². The Hall–Kier alpha value is -2.23. The van der Waals surface area contributed by atoms with Crippen molar-refractivity contribution in [3.8, 4) is 17.1 Å². The number of nitrogens with zero attached hydrogens (tertiary/aromatic N) is 2. The SMILES string of the molecule is CCCCCCCCCCCC(=O)Oc1cnc(-c2ccc(CCCCCCCC)cc2)nc1. The molecule has 0 saturated heterocycles. The first kappa shape index (κ1) is 28.0. The minimum atomic E-state index is -0.196. The molecule has 1 aromatic carbocycles. The van der Waals surface area contributed by atoms with Gasteiger partial charge in [-0.15, -0.1) is 0 Å². The van der Waals surface area contributed by atoms with E-state index < -0.39 is 0 Å². The Labute approximate surface area is 208 Å².